The average Bonchev–Trinajstić information content (AvgIpc) is 3.06. The van der Waals surface area contributed by atoms with Crippen molar-refractivity contribution >= 4 is 0 Å². The van der Waals surface area contributed by atoms with Crippen molar-refractivity contribution in [1.82, 2.24) is 10.2 Å². The quantitative estimate of drug-likeness (QED) is 0.792. The Kier molecular flexibility index (Phi) is 4.14. The fourth-order valence-corrected chi connectivity index (χ4v) is 3.41. The normalized spacial score (nSPS) is 35.5. The van der Waals surface area contributed by atoms with E-state index in [0.29, 0.717) is 5.54 Å². The Balaban J connectivity index is 1.96. The van der Waals surface area contributed by atoms with Gasteiger partial charge in [0.1, 0.15) is 0 Å². The van der Waals surface area contributed by atoms with Crippen LogP contribution >= 0.6 is 0 Å². The molecule has 1 heterocycles. The summed E-state index contributed by atoms with van der Waals surface area (Å²) in [6.07, 6.45) is 5.51. The van der Waals surface area contributed by atoms with Crippen LogP contribution in [0.15, 0.2) is 0 Å². The SMILES string of the molecule is CCCN1CC(C)(C2CC2)NCC1CC(C)C. The second kappa shape index (κ2) is 5.27. The molecule has 1 N–H and O–H groups in total. The molecule has 0 aromatic heterocycles. The van der Waals surface area contributed by atoms with Gasteiger partial charge in [-0.1, -0.05) is 20.8 Å². The summed E-state index contributed by atoms with van der Waals surface area (Å²) in [5.41, 5.74) is 0.405. The topological polar surface area (TPSA) is 15.3 Å². The molecule has 0 aromatic carbocycles. The highest BCUT2D eigenvalue weighted by molar-refractivity contribution is 5.04. The summed E-state index contributed by atoms with van der Waals surface area (Å²) >= 11 is 0. The minimum Gasteiger partial charge on any atom is -0.308 e. The molecule has 1 saturated carbocycles. The molecule has 100 valence electrons. The van der Waals surface area contributed by atoms with E-state index in [1.165, 1.54) is 45.3 Å². The van der Waals surface area contributed by atoms with Crippen molar-refractivity contribution in [3.05, 3.63) is 0 Å². The van der Waals surface area contributed by atoms with E-state index in [2.05, 4.69) is 37.9 Å². The third-order valence-electron chi connectivity index (χ3n) is 4.52. The molecule has 2 unspecified atom stereocenters. The molecule has 2 heteroatoms. The molecule has 1 aliphatic carbocycles. The standard InChI is InChI=1S/C15H30N2/c1-5-8-17-11-15(4,13-6-7-13)16-10-14(17)9-12(2)3/h12-14,16H,5-11H2,1-4H3. The Morgan fingerprint density at radius 1 is 1.35 bits per heavy atom. The summed E-state index contributed by atoms with van der Waals surface area (Å²) in [5.74, 6) is 1.76. The number of nitrogens with zero attached hydrogens (tertiary/aromatic N) is 1. The van der Waals surface area contributed by atoms with Gasteiger partial charge in [0.05, 0.1) is 0 Å². The molecule has 2 fully saturated rings. The first-order chi connectivity index (χ1) is 8.05. The highest BCUT2D eigenvalue weighted by Crippen LogP contribution is 2.41. The number of nitrogens with one attached hydrogen (secondary N) is 1. The van der Waals surface area contributed by atoms with Crippen LogP contribution in [-0.4, -0.2) is 36.1 Å². The highest BCUT2D eigenvalue weighted by Gasteiger charge is 2.45. The Labute approximate surface area is 107 Å². The van der Waals surface area contributed by atoms with Crippen molar-refractivity contribution in [3.8, 4) is 0 Å². The van der Waals surface area contributed by atoms with Gasteiger partial charge in [0.25, 0.3) is 0 Å². The Hall–Kier alpha value is -0.0800. The van der Waals surface area contributed by atoms with Crippen LogP contribution in [0.4, 0.5) is 0 Å². The highest BCUT2D eigenvalue weighted by atomic mass is 15.3. The van der Waals surface area contributed by atoms with E-state index in [0.717, 1.165) is 17.9 Å². The van der Waals surface area contributed by atoms with E-state index in [-0.39, 0.29) is 0 Å². The van der Waals surface area contributed by atoms with Crippen LogP contribution in [0.25, 0.3) is 0 Å². The van der Waals surface area contributed by atoms with Crippen LogP contribution in [-0.2, 0) is 0 Å². The van der Waals surface area contributed by atoms with E-state index >= 15 is 0 Å². The molecule has 0 aromatic rings. The lowest BCUT2D eigenvalue weighted by molar-refractivity contribution is 0.0645. The minimum atomic E-state index is 0.405. The Morgan fingerprint density at radius 2 is 2.06 bits per heavy atom. The number of rotatable bonds is 5. The fourth-order valence-electron chi connectivity index (χ4n) is 3.41. The minimum absolute atomic E-state index is 0.405. The molecular weight excluding hydrogens is 208 g/mol. The van der Waals surface area contributed by atoms with Crippen molar-refractivity contribution in [2.75, 3.05) is 19.6 Å². The van der Waals surface area contributed by atoms with Crippen LogP contribution in [0.2, 0.25) is 0 Å². The molecule has 1 saturated heterocycles. The van der Waals surface area contributed by atoms with Crippen LogP contribution in [0.5, 0.6) is 0 Å². The summed E-state index contributed by atoms with van der Waals surface area (Å²) in [6.45, 7) is 13.2. The van der Waals surface area contributed by atoms with Gasteiger partial charge in [-0.15, -0.1) is 0 Å². The largest absolute Gasteiger partial charge is 0.308 e. The predicted octanol–water partition coefficient (Wildman–Crippen LogP) is 2.89. The zero-order chi connectivity index (χ0) is 12.5. The molecular formula is C15H30N2. The lowest BCUT2D eigenvalue weighted by Gasteiger charge is -2.47. The van der Waals surface area contributed by atoms with E-state index in [9.17, 15) is 0 Å². The Morgan fingerprint density at radius 3 is 2.59 bits per heavy atom. The fraction of sp³-hybridized carbons (Fsp3) is 1.00. The second-order valence-electron chi connectivity index (χ2n) is 6.83. The number of hydrogen-bond donors (Lipinski definition) is 1. The lowest BCUT2D eigenvalue weighted by Crippen LogP contribution is -2.64. The van der Waals surface area contributed by atoms with Gasteiger partial charge in [-0.2, -0.15) is 0 Å². The van der Waals surface area contributed by atoms with Crippen LogP contribution in [0.1, 0.15) is 53.4 Å². The van der Waals surface area contributed by atoms with E-state index in [4.69, 9.17) is 0 Å². The summed E-state index contributed by atoms with van der Waals surface area (Å²) in [5, 5.41) is 3.86. The molecule has 0 amide bonds. The average molecular weight is 238 g/mol. The number of piperazine rings is 1. The third kappa shape index (κ3) is 3.23. The first-order valence-corrected chi connectivity index (χ1v) is 7.54. The van der Waals surface area contributed by atoms with E-state index in [1.807, 2.05) is 0 Å². The van der Waals surface area contributed by atoms with Gasteiger partial charge in [-0.3, -0.25) is 4.90 Å². The van der Waals surface area contributed by atoms with Gasteiger partial charge in [0.15, 0.2) is 0 Å². The van der Waals surface area contributed by atoms with Crippen molar-refractivity contribution in [2.24, 2.45) is 11.8 Å². The molecule has 0 bridgehead atoms. The van der Waals surface area contributed by atoms with Crippen LogP contribution < -0.4 is 5.32 Å². The first-order valence-electron chi connectivity index (χ1n) is 7.54. The molecule has 2 atom stereocenters. The number of hydrogen-bond acceptors (Lipinski definition) is 2. The van der Waals surface area contributed by atoms with Crippen LogP contribution in [0.3, 0.4) is 0 Å². The summed E-state index contributed by atoms with van der Waals surface area (Å²) in [7, 11) is 0. The lowest BCUT2D eigenvalue weighted by atomic mass is 9.88. The maximum Gasteiger partial charge on any atom is 0.0309 e. The smallest absolute Gasteiger partial charge is 0.0309 e. The molecule has 0 radical (unpaired) electrons. The Bertz CT molecular complexity index is 247. The molecule has 0 spiro atoms. The van der Waals surface area contributed by atoms with Gasteiger partial charge in [-0.05, 0) is 51.0 Å². The zero-order valence-corrected chi connectivity index (χ0v) is 12.1. The van der Waals surface area contributed by atoms with Gasteiger partial charge in [0.2, 0.25) is 0 Å². The van der Waals surface area contributed by atoms with Gasteiger partial charge >= 0.3 is 0 Å². The van der Waals surface area contributed by atoms with E-state index < -0.39 is 0 Å². The second-order valence-corrected chi connectivity index (χ2v) is 6.83. The van der Waals surface area contributed by atoms with Crippen molar-refractivity contribution in [1.29, 1.82) is 0 Å². The van der Waals surface area contributed by atoms with Gasteiger partial charge < -0.3 is 5.32 Å². The van der Waals surface area contributed by atoms with Crippen molar-refractivity contribution in [3.63, 3.8) is 0 Å². The summed E-state index contributed by atoms with van der Waals surface area (Å²) < 4.78 is 0. The predicted molar refractivity (Wildman–Crippen MR) is 74.2 cm³/mol. The van der Waals surface area contributed by atoms with Crippen molar-refractivity contribution in [2.45, 2.75) is 65.0 Å². The van der Waals surface area contributed by atoms with Crippen molar-refractivity contribution < 1.29 is 0 Å². The van der Waals surface area contributed by atoms with Crippen LogP contribution in [0, 0.1) is 11.8 Å². The monoisotopic (exact) mass is 238 g/mol. The molecule has 2 nitrogen and oxygen atoms in total. The van der Waals surface area contributed by atoms with Gasteiger partial charge in [0, 0.05) is 24.7 Å². The van der Waals surface area contributed by atoms with Gasteiger partial charge in [-0.25, -0.2) is 0 Å². The maximum absolute atomic E-state index is 3.86. The first kappa shape index (κ1) is 13.4. The molecule has 1 aliphatic heterocycles. The maximum atomic E-state index is 3.86. The van der Waals surface area contributed by atoms with E-state index in [1.54, 1.807) is 0 Å². The summed E-state index contributed by atoms with van der Waals surface area (Å²) in [4.78, 5) is 2.76. The third-order valence-corrected chi connectivity index (χ3v) is 4.52. The summed E-state index contributed by atoms with van der Waals surface area (Å²) in [6, 6.07) is 0.766. The molecule has 2 rings (SSSR count). The molecule has 2 aliphatic rings. The molecule has 17 heavy (non-hydrogen) atoms. The zero-order valence-electron chi connectivity index (χ0n) is 12.1.